The van der Waals surface area contributed by atoms with Crippen LogP contribution in [0.15, 0.2) is 42.5 Å². The molecule has 0 aliphatic carbocycles. The van der Waals surface area contributed by atoms with Gasteiger partial charge in [-0.15, -0.1) is 0 Å². The number of hydrogen-bond donors (Lipinski definition) is 1. The second kappa shape index (κ2) is 4.91. The minimum atomic E-state index is 0.0731. The van der Waals surface area contributed by atoms with Crippen LogP contribution in [0.5, 0.6) is 0 Å². The minimum Gasteiger partial charge on any atom is -0.307 e. The van der Waals surface area contributed by atoms with Crippen molar-refractivity contribution in [3.05, 3.63) is 48.0 Å². The zero-order valence-corrected chi connectivity index (χ0v) is 10.4. The van der Waals surface area contributed by atoms with Crippen LogP contribution in [0.3, 0.4) is 0 Å². The van der Waals surface area contributed by atoms with Crippen molar-refractivity contribution in [3.63, 3.8) is 0 Å². The van der Waals surface area contributed by atoms with Crippen molar-refractivity contribution in [1.82, 2.24) is 5.32 Å². The summed E-state index contributed by atoms with van der Waals surface area (Å²) < 4.78 is 0. The fourth-order valence-corrected chi connectivity index (χ4v) is 2.72. The first-order chi connectivity index (χ1) is 8.84. The summed E-state index contributed by atoms with van der Waals surface area (Å²) in [5, 5.41) is 5.69. The molecule has 1 fully saturated rings. The van der Waals surface area contributed by atoms with E-state index in [2.05, 4.69) is 29.6 Å². The fourth-order valence-electron chi connectivity index (χ4n) is 2.72. The maximum absolute atomic E-state index is 12.2. The van der Waals surface area contributed by atoms with Crippen LogP contribution in [0.1, 0.15) is 18.4 Å². The van der Waals surface area contributed by atoms with E-state index in [1.54, 1.807) is 0 Å². The molecule has 92 valence electrons. The van der Waals surface area contributed by atoms with E-state index in [0.29, 0.717) is 12.2 Å². The van der Waals surface area contributed by atoms with Gasteiger partial charge in [-0.05, 0) is 35.7 Å². The van der Waals surface area contributed by atoms with E-state index in [0.717, 1.165) is 24.9 Å². The highest BCUT2D eigenvalue weighted by atomic mass is 16.1. The number of benzene rings is 2. The number of nitrogens with one attached hydrogen (secondary N) is 1. The first-order valence-electron chi connectivity index (χ1n) is 6.57. The van der Waals surface area contributed by atoms with E-state index in [1.807, 2.05) is 18.2 Å². The smallest absolute Gasteiger partial charge is 0.154 e. The number of carbonyl (C=O) groups excluding carboxylic acids is 1. The minimum absolute atomic E-state index is 0.0731. The van der Waals surface area contributed by atoms with Gasteiger partial charge in [0.15, 0.2) is 5.78 Å². The molecule has 0 unspecified atom stereocenters. The normalized spacial score (nSPS) is 19.2. The molecule has 18 heavy (non-hydrogen) atoms. The molecule has 1 aliphatic rings. The van der Waals surface area contributed by atoms with Crippen molar-refractivity contribution < 1.29 is 4.79 Å². The lowest BCUT2D eigenvalue weighted by Gasteiger charge is -2.10. The first kappa shape index (κ1) is 11.4. The monoisotopic (exact) mass is 239 g/mol. The highest BCUT2D eigenvalue weighted by Gasteiger charge is 2.22. The first-order valence-corrected chi connectivity index (χ1v) is 6.57. The lowest BCUT2D eigenvalue weighted by atomic mass is 9.97. The Bertz CT molecular complexity index is 565. The zero-order valence-electron chi connectivity index (χ0n) is 10.4. The Morgan fingerprint density at radius 3 is 2.83 bits per heavy atom. The maximum atomic E-state index is 12.2. The van der Waals surface area contributed by atoms with Gasteiger partial charge in [-0.2, -0.15) is 0 Å². The van der Waals surface area contributed by atoms with Gasteiger partial charge in [-0.1, -0.05) is 42.5 Å². The van der Waals surface area contributed by atoms with E-state index < -0.39 is 0 Å². The molecule has 0 spiro atoms. The molecule has 1 N–H and O–H groups in total. The van der Waals surface area contributed by atoms with Crippen LogP contribution in [0.2, 0.25) is 0 Å². The lowest BCUT2D eigenvalue weighted by Crippen LogP contribution is -2.31. The summed E-state index contributed by atoms with van der Waals surface area (Å²) in [4.78, 5) is 12.2. The van der Waals surface area contributed by atoms with Gasteiger partial charge in [0, 0.05) is 6.42 Å². The largest absolute Gasteiger partial charge is 0.307 e. The van der Waals surface area contributed by atoms with Crippen molar-refractivity contribution in [3.8, 4) is 0 Å². The predicted octanol–water partition coefficient (Wildman–Crippen LogP) is 2.70. The van der Waals surface area contributed by atoms with Gasteiger partial charge >= 0.3 is 0 Å². The van der Waals surface area contributed by atoms with Gasteiger partial charge in [0.2, 0.25) is 0 Å². The molecule has 1 saturated heterocycles. The molecular formula is C16H17NO. The van der Waals surface area contributed by atoms with E-state index in [9.17, 15) is 4.79 Å². The molecule has 0 bridgehead atoms. The Kier molecular flexibility index (Phi) is 3.11. The summed E-state index contributed by atoms with van der Waals surface area (Å²) in [7, 11) is 0. The Morgan fingerprint density at radius 2 is 2.00 bits per heavy atom. The highest BCUT2D eigenvalue weighted by molar-refractivity contribution is 5.93. The molecule has 1 heterocycles. The van der Waals surface area contributed by atoms with E-state index >= 15 is 0 Å². The van der Waals surface area contributed by atoms with E-state index in [1.165, 1.54) is 10.8 Å². The summed E-state index contributed by atoms with van der Waals surface area (Å²) in [6.45, 7) is 0.978. The molecular weight excluding hydrogens is 222 g/mol. The summed E-state index contributed by atoms with van der Waals surface area (Å²) in [6, 6.07) is 14.5. The molecule has 1 atom stereocenters. The molecule has 2 aromatic rings. The van der Waals surface area contributed by atoms with Gasteiger partial charge in [-0.25, -0.2) is 0 Å². The molecule has 0 radical (unpaired) electrons. The van der Waals surface area contributed by atoms with Crippen molar-refractivity contribution in [1.29, 1.82) is 0 Å². The maximum Gasteiger partial charge on any atom is 0.154 e. The average Bonchev–Trinajstić information content (AvgIpc) is 2.93. The zero-order chi connectivity index (χ0) is 12.4. The van der Waals surface area contributed by atoms with Gasteiger partial charge < -0.3 is 5.32 Å². The van der Waals surface area contributed by atoms with Crippen LogP contribution in [-0.2, 0) is 11.2 Å². The number of ketones is 1. The topological polar surface area (TPSA) is 29.1 Å². The fraction of sp³-hybridized carbons (Fsp3) is 0.312. The van der Waals surface area contributed by atoms with Crippen LogP contribution < -0.4 is 5.32 Å². The van der Waals surface area contributed by atoms with Crippen molar-refractivity contribution in [2.24, 2.45) is 0 Å². The van der Waals surface area contributed by atoms with Crippen LogP contribution >= 0.6 is 0 Å². The third-order valence-electron chi connectivity index (χ3n) is 3.69. The predicted molar refractivity (Wildman–Crippen MR) is 73.7 cm³/mol. The average molecular weight is 239 g/mol. The van der Waals surface area contributed by atoms with Gasteiger partial charge in [-0.3, -0.25) is 4.79 Å². The number of Topliss-reactive ketones (excluding diaryl/α,β-unsaturated/α-hetero) is 1. The molecule has 0 aromatic heterocycles. The third-order valence-corrected chi connectivity index (χ3v) is 3.69. The van der Waals surface area contributed by atoms with Crippen LogP contribution in [0.25, 0.3) is 10.8 Å². The molecule has 2 nitrogen and oxygen atoms in total. The summed E-state index contributed by atoms with van der Waals surface area (Å²) in [5.74, 6) is 0.323. The second-order valence-corrected chi connectivity index (χ2v) is 4.93. The molecule has 2 aromatic carbocycles. The molecule has 2 heteroatoms. The van der Waals surface area contributed by atoms with Crippen molar-refractivity contribution >= 4 is 16.6 Å². The van der Waals surface area contributed by atoms with Crippen molar-refractivity contribution in [2.45, 2.75) is 25.3 Å². The lowest BCUT2D eigenvalue weighted by molar-refractivity contribution is -0.120. The Morgan fingerprint density at radius 1 is 1.17 bits per heavy atom. The third kappa shape index (κ3) is 2.16. The number of hydrogen-bond acceptors (Lipinski definition) is 2. The standard InChI is InChI=1S/C16H17NO/c18-16(15-9-4-10-17-15)11-13-7-3-6-12-5-1-2-8-14(12)13/h1-3,5-8,15,17H,4,9-11H2/t15-/m0/s1. The SMILES string of the molecule is O=C(Cc1cccc2ccccc12)[C@@H]1CCCN1. The van der Waals surface area contributed by atoms with Gasteiger partial charge in [0.05, 0.1) is 6.04 Å². The second-order valence-electron chi connectivity index (χ2n) is 4.93. The number of rotatable bonds is 3. The Labute approximate surface area is 107 Å². The van der Waals surface area contributed by atoms with E-state index in [-0.39, 0.29) is 6.04 Å². The van der Waals surface area contributed by atoms with Crippen LogP contribution in [-0.4, -0.2) is 18.4 Å². The summed E-state index contributed by atoms with van der Waals surface area (Å²) in [6.07, 6.45) is 2.65. The summed E-state index contributed by atoms with van der Waals surface area (Å²) >= 11 is 0. The Hall–Kier alpha value is -1.67. The van der Waals surface area contributed by atoms with Crippen LogP contribution in [0.4, 0.5) is 0 Å². The molecule has 3 rings (SSSR count). The molecule has 0 saturated carbocycles. The van der Waals surface area contributed by atoms with Crippen molar-refractivity contribution in [2.75, 3.05) is 6.54 Å². The quantitative estimate of drug-likeness (QED) is 0.892. The highest BCUT2D eigenvalue weighted by Crippen LogP contribution is 2.20. The number of carbonyl (C=O) groups is 1. The van der Waals surface area contributed by atoms with Gasteiger partial charge in [0.25, 0.3) is 0 Å². The van der Waals surface area contributed by atoms with Crippen LogP contribution in [0, 0.1) is 0 Å². The summed E-state index contributed by atoms with van der Waals surface area (Å²) in [5.41, 5.74) is 1.15. The molecule has 1 aliphatic heterocycles. The molecule has 0 amide bonds. The van der Waals surface area contributed by atoms with E-state index in [4.69, 9.17) is 0 Å². The van der Waals surface area contributed by atoms with Gasteiger partial charge in [0.1, 0.15) is 0 Å². The number of fused-ring (bicyclic) bond motifs is 1. The Balaban J connectivity index is 1.88.